The van der Waals surface area contributed by atoms with Crippen LogP contribution in [0.15, 0.2) is 36.5 Å². The molecule has 1 fully saturated rings. The topological polar surface area (TPSA) is 84.2 Å². The number of hydrogen-bond acceptors (Lipinski definition) is 3. The largest absolute Gasteiger partial charge is 0.481 e. The number of aliphatic carboxylic acids is 1. The summed E-state index contributed by atoms with van der Waals surface area (Å²) in [4.78, 5) is 23.2. The number of carboxylic acids is 1. The molecule has 1 aromatic carbocycles. The molecule has 7 heteroatoms. The van der Waals surface area contributed by atoms with Crippen LogP contribution in [0.5, 0.6) is 0 Å². The van der Waals surface area contributed by atoms with Gasteiger partial charge in [0, 0.05) is 17.3 Å². The first-order valence-electron chi connectivity index (χ1n) is 7.38. The highest BCUT2D eigenvalue weighted by Crippen LogP contribution is 2.25. The molecule has 2 N–H and O–H groups in total. The van der Waals surface area contributed by atoms with Crippen molar-refractivity contribution in [2.24, 2.45) is 5.92 Å². The summed E-state index contributed by atoms with van der Waals surface area (Å²) in [5, 5.41) is 16.7. The standard InChI is InChI=1S/C16H16ClN3O3/c17-11-2-1-3-13(9-11)20-7-6-14(19-20)15(21)18-12-5-4-10(8-12)16(22)23/h1-3,6-7,9-10,12H,4-5,8H2,(H,18,21)(H,22,23)/t10-,12+/m0/s1. The third-order valence-corrected chi connectivity index (χ3v) is 4.25. The highest BCUT2D eigenvalue weighted by Gasteiger charge is 2.30. The summed E-state index contributed by atoms with van der Waals surface area (Å²) in [5.41, 5.74) is 1.06. The van der Waals surface area contributed by atoms with Crippen LogP contribution in [0.3, 0.4) is 0 Å². The van der Waals surface area contributed by atoms with Crippen LogP contribution in [0.2, 0.25) is 5.02 Å². The number of hydrogen-bond donors (Lipinski definition) is 2. The second-order valence-corrected chi connectivity index (χ2v) is 6.08. The summed E-state index contributed by atoms with van der Waals surface area (Å²) in [6.07, 6.45) is 3.43. The minimum absolute atomic E-state index is 0.111. The van der Waals surface area contributed by atoms with E-state index in [0.29, 0.717) is 30.0 Å². The number of carbonyl (C=O) groups excluding carboxylic acids is 1. The number of nitrogens with one attached hydrogen (secondary N) is 1. The summed E-state index contributed by atoms with van der Waals surface area (Å²) >= 11 is 5.95. The van der Waals surface area contributed by atoms with Gasteiger partial charge < -0.3 is 10.4 Å². The molecule has 0 saturated heterocycles. The molecule has 1 aliphatic carbocycles. The normalized spacial score (nSPS) is 20.4. The van der Waals surface area contributed by atoms with E-state index in [2.05, 4.69) is 10.4 Å². The predicted octanol–water partition coefficient (Wildman–Crippen LogP) is 2.51. The van der Waals surface area contributed by atoms with Gasteiger partial charge in [-0.3, -0.25) is 9.59 Å². The van der Waals surface area contributed by atoms with Crippen molar-refractivity contribution in [2.75, 3.05) is 0 Å². The molecule has 2 aromatic rings. The molecule has 0 radical (unpaired) electrons. The van der Waals surface area contributed by atoms with Gasteiger partial charge in [-0.05, 0) is 43.5 Å². The van der Waals surface area contributed by atoms with Crippen molar-refractivity contribution < 1.29 is 14.7 Å². The highest BCUT2D eigenvalue weighted by molar-refractivity contribution is 6.30. The van der Waals surface area contributed by atoms with E-state index < -0.39 is 5.97 Å². The zero-order chi connectivity index (χ0) is 16.4. The Labute approximate surface area is 138 Å². The summed E-state index contributed by atoms with van der Waals surface area (Å²) < 4.78 is 1.58. The molecule has 0 aliphatic heterocycles. The van der Waals surface area contributed by atoms with Crippen LogP contribution in [0, 0.1) is 5.92 Å². The Morgan fingerprint density at radius 3 is 2.83 bits per heavy atom. The van der Waals surface area contributed by atoms with Gasteiger partial charge in [-0.1, -0.05) is 17.7 Å². The van der Waals surface area contributed by atoms with Crippen LogP contribution in [0.1, 0.15) is 29.8 Å². The summed E-state index contributed by atoms with van der Waals surface area (Å²) in [6, 6.07) is 8.68. The maximum atomic E-state index is 12.2. The Morgan fingerprint density at radius 2 is 2.13 bits per heavy atom. The predicted molar refractivity (Wildman–Crippen MR) is 84.8 cm³/mol. The molecule has 3 rings (SSSR count). The second kappa shape index (κ2) is 6.42. The second-order valence-electron chi connectivity index (χ2n) is 5.64. The fourth-order valence-corrected chi connectivity index (χ4v) is 2.99. The van der Waals surface area contributed by atoms with Gasteiger partial charge in [-0.15, -0.1) is 0 Å². The summed E-state index contributed by atoms with van der Waals surface area (Å²) in [5.74, 6) is -1.46. The fourth-order valence-electron chi connectivity index (χ4n) is 2.80. The maximum absolute atomic E-state index is 12.2. The Morgan fingerprint density at radius 1 is 1.30 bits per heavy atom. The van der Waals surface area contributed by atoms with Crippen LogP contribution in [0.25, 0.3) is 5.69 Å². The van der Waals surface area contributed by atoms with Crippen LogP contribution >= 0.6 is 11.6 Å². The summed E-state index contributed by atoms with van der Waals surface area (Å²) in [7, 11) is 0. The van der Waals surface area contributed by atoms with E-state index >= 15 is 0 Å². The highest BCUT2D eigenvalue weighted by atomic mass is 35.5. The molecule has 1 aliphatic rings. The average Bonchev–Trinajstić information content (AvgIpc) is 3.16. The molecular weight excluding hydrogens is 318 g/mol. The van der Waals surface area contributed by atoms with Crippen molar-refractivity contribution in [3.63, 3.8) is 0 Å². The van der Waals surface area contributed by atoms with E-state index in [-0.39, 0.29) is 17.9 Å². The number of rotatable bonds is 4. The van der Waals surface area contributed by atoms with Crippen molar-refractivity contribution >= 4 is 23.5 Å². The van der Waals surface area contributed by atoms with Gasteiger partial charge >= 0.3 is 5.97 Å². The first-order valence-corrected chi connectivity index (χ1v) is 7.76. The van der Waals surface area contributed by atoms with E-state index in [1.165, 1.54) is 0 Å². The number of halogens is 1. The lowest BCUT2D eigenvalue weighted by Crippen LogP contribution is -2.33. The van der Waals surface area contributed by atoms with Crippen LogP contribution in [-0.4, -0.2) is 32.8 Å². The number of nitrogens with zero attached hydrogens (tertiary/aromatic N) is 2. The smallest absolute Gasteiger partial charge is 0.306 e. The average molecular weight is 334 g/mol. The molecular formula is C16H16ClN3O3. The number of aromatic nitrogens is 2. The molecule has 0 bridgehead atoms. The molecule has 23 heavy (non-hydrogen) atoms. The molecule has 120 valence electrons. The minimum Gasteiger partial charge on any atom is -0.481 e. The first kappa shape index (κ1) is 15.6. The molecule has 6 nitrogen and oxygen atoms in total. The number of amides is 1. The van der Waals surface area contributed by atoms with E-state index in [1.807, 2.05) is 12.1 Å². The molecule has 2 atom stereocenters. The molecule has 0 spiro atoms. The number of carbonyl (C=O) groups is 2. The lowest BCUT2D eigenvalue weighted by atomic mass is 10.1. The molecule has 1 amide bonds. The molecule has 1 saturated carbocycles. The van der Waals surface area contributed by atoms with Crippen LogP contribution in [0.4, 0.5) is 0 Å². The van der Waals surface area contributed by atoms with Crippen molar-refractivity contribution in [3.05, 3.63) is 47.2 Å². The van der Waals surface area contributed by atoms with E-state index in [4.69, 9.17) is 16.7 Å². The Balaban J connectivity index is 1.66. The van der Waals surface area contributed by atoms with Crippen molar-refractivity contribution in [2.45, 2.75) is 25.3 Å². The Bertz CT molecular complexity index is 744. The summed E-state index contributed by atoms with van der Waals surface area (Å²) in [6.45, 7) is 0. The Hall–Kier alpha value is -2.34. The lowest BCUT2D eigenvalue weighted by molar-refractivity contribution is -0.141. The number of benzene rings is 1. The van der Waals surface area contributed by atoms with E-state index in [1.54, 1.807) is 29.1 Å². The fraction of sp³-hybridized carbons (Fsp3) is 0.312. The van der Waals surface area contributed by atoms with Gasteiger partial charge in [0.15, 0.2) is 5.69 Å². The van der Waals surface area contributed by atoms with Gasteiger partial charge in [-0.2, -0.15) is 5.10 Å². The number of carboxylic acid groups (broad SMARTS) is 1. The molecule has 0 unspecified atom stereocenters. The van der Waals surface area contributed by atoms with Crippen molar-refractivity contribution in [3.8, 4) is 5.69 Å². The van der Waals surface area contributed by atoms with Crippen molar-refractivity contribution in [1.82, 2.24) is 15.1 Å². The molecule has 1 aromatic heterocycles. The third-order valence-electron chi connectivity index (χ3n) is 4.01. The third kappa shape index (κ3) is 3.53. The SMILES string of the molecule is O=C(N[C@@H]1CC[C@H](C(=O)O)C1)c1ccn(-c2cccc(Cl)c2)n1. The molecule has 1 heterocycles. The van der Waals surface area contributed by atoms with Gasteiger partial charge in [0.05, 0.1) is 11.6 Å². The van der Waals surface area contributed by atoms with Gasteiger partial charge in [0.1, 0.15) is 0 Å². The zero-order valence-electron chi connectivity index (χ0n) is 12.3. The van der Waals surface area contributed by atoms with Gasteiger partial charge in [-0.25, -0.2) is 4.68 Å². The van der Waals surface area contributed by atoms with E-state index in [9.17, 15) is 9.59 Å². The minimum atomic E-state index is -0.799. The van der Waals surface area contributed by atoms with Crippen LogP contribution < -0.4 is 5.32 Å². The van der Waals surface area contributed by atoms with Crippen molar-refractivity contribution in [1.29, 1.82) is 0 Å². The van der Waals surface area contributed by atoms with E-state index in [0.717, 1.165) is 5.69 Å². The first-order chi connectivity index (χ1) is 11.0. The lowest BCUT2D eigenvalue weighted by Gasteiger charge is -2.11. The maximum Gasteiger partial charge on any atom is 0.306 e. The van der Waals surface area contributed by atoms with Gasteiger partial charge in [0.2, 0.25) is 0 Å². The monoisotopic (exact) mass is 333 g/mol. The van der Waals surface area contributed by atoms with Crippen LogP contribution in [-0.2, 0) is 4.79 Å². The zero-order valence-corrected chi connectivity index (χ0v) is 13.0. The quantitative estimate of drug-likeness (QED) is 0.900. The van der Waals surface area contributed by atoms with Gasteiger partial charge in [0.25, 0.3) is 5.91 Å². The Kier molecular flexibility index (Phi) is 4.34.